The van der Waals surface area contributed by atoms with Gasteiger partial charge in [-0.1, -0.05) is 44.2 Å². The van der Waals surface area contributed by atoms with Crippen molar-refractivity contribution in [2.75, 3.05) is 7.11 Å². The monoisotopic (exact) mass is 278 g/mol. The molecule has 20 heavy (non-hydrogen) atoms. The van der Waals surface area contributed by atoms with Gasteiger partial charge in [-0.3, -0.25) is 4.79 Å². The number of rotatable bonds is 6. The standard InChI is InChI=1S/C15H22N2O3/c1-10(2)13(15(19)20-3)17-14(18)12(16)9-11-7-5-4-6-8-11/h4-8,10,12-13H,9,16H2,1-3H3,(H,17,18). The molecule has 0 bridgehead atoms. The molecule has 0 aromatic heterocycles. The lowest BCUT2D eigenvalue weighted by Gasteiger charge is -2.22. The van der Waals surface area contributed by atoms with Crippen molar-refractivity contribution in [3.8, 4) is 0 Å². The van der Waals surface area contributed by atoms with E-state index < -0.39 is 18.1 Å². The molecule has 5 nitrogen and oxygen atoms in total. The minimum atomic E-state index is -0.691. The van der Waals surface area contributed by atoms with Crippen molar-refractivity contribution < 1.29 is 14.3 Å². The van der Waals surface area contributed by atoms with Gasteiger partial charge < -0.3 is 15.8 Å². The van der Waals surface area contributed by atoms with Crippen LogP contribution in [-0.4, -0.2) is 31.1 Å². The molecule has 0 heterocycles. The van der Waals surface area contributed by atoms with Crippen LogP contribution in [0.2, 0.25) is 0 Å². The molecule has 1 aromatic rings. The first-order valence-electron chi connectivity index (χ1n) is 6.63. The van der Waals surface area contributed by atoms with E-state index in [9.17, 15) is 9.59 Å². The second-order valence-electron chi connectivity index (χ2n) is 5.05. The number of nitrogens with one attached hydrogen (secondary N) is 1. The van der Waals surface area contributed by atoms with Gasteiger partial charge in [0.2, 0.25) is 5.91 Å². The Balaban J connectivity index is 2.62. The van der Waals surface area contributed by atoms with E-state index in [1.54, 1.807) is 0 Å². The summed E-state index contributed by atoms with van der Waals surface area (Å²) in [6.45, 7) is 3.68. The molecule has 5 heteroatoms. The molecule has 0 spiro atoms. The molecule has 0 aliphatic rings. The van der Waals surface area contributed by atoms with Crippen molar-refractivity contribution in [2.24, 2.45) is 11.7 Å². The molecule has 0 saturated carbocycles. The van der Waals surface area contributed by atoms with Gasteiger partial charge in [-0.2, -0.15) is 0 Å². The van der Waals surface area contributed by atoms with Crippen molar-refractivity contribution in [3.05, 3.63) is 35.9 Å². The Morgan fingerprint density at radius 1 is 1.25 bits per heavy atom. The zero-order chi connectivity index (χ0) is 15.1. The van der Waals surface area contributed by atoms with E-state index in [-0.39, 0.29) is 11.8 Å². The Kier molecular flexibility index (Phi) is 6.18. The Labute approximate surface area is 119 Å². The summed E-state index contributed by atoms with van der Waals surface area (Å²) in [7, 11) is 1.30. The van der Waals surface area contributed by atoms with Gasteiger partial charge in [0, 0.05) is 0 Å². The molecule has 110 valence electrons. The zero-order valence-electron chi connectivity index (χ0n) is 12.1. The lowest BCUT2D eigenvalue weighted by molar-refractivity contribution is -0.146. The largest absolute Gasteiger partial charge is 0.467 e. The van der Waals surface area contributed by atoms with Crippen molar-refractivity contribution in [1.82, 2.24) is 5.32 Å². The number of hydrogen-bond acceptors (Lipinski definition) is 4. The van der Waals surface area contributed by atoms with Gasteiger partial charge in [-0.15, -0.1) is 0 Å². The van der Waals surface area contributed by atoms with Gasteiger partial charge >= 0.3 is 5.97 Å². The number of benzene rings is 1. The third-order valence-corrected chi connectivity index (χ3v) is 3.05. The fraction of sp³-hybridized carbons (Fsp3) is 0.467. The summed E-state index contributed by atoms with van der Waals surface area (Å²) in [6, 6.07) is 8.15. The summed E-state index contributed by atoms with van der Waals surface area (Å²) < 4.78 is 4.68. The summed E-state index contributed by atoms with van der Waals surface area (Å²) in [4.78, 5) is 23.6. The first-order chi connectivity index (χ1) is 9.45. The van der Waals surface area contributed by atoms with Crippen LogP contribution in [-0.2, 0) is 20.7 Å². The smallest absolute Gasteiger partial charge is 0.328 e. The molecule has 0 saturated heterocycles. The number of esters is 1. The highest BCUT2D eigenvalue weighted by atomic mass is 16.5. The van der Waals surface area contributed by atoms with E-state index in [1.807, 2.05) is 44.2 Å². The second-order valence-corrected chi connectivity index (χ2v) is 5.05. The lowest BCUT2D eigenvalue weighted by atomic mass is 10.0. The highest BCUT2D eigenvalue weighted by molar-refractivity contribution is 5.87. The number of carbonyl (C=O) groups is 2. The van der Waals surface area contributed by atoms with Crippen LogP contribution in [0.4, 0.5) is 0 Å². The summed E-state index contributed by atoms with van der Waals surface area (Å²) in [5.74, 6) is -0.867. The Bertz CT molecular complexity index is 446. The Hall–Kier alpha value is -1.88. The van der Waals surface area contributed by atoms with E-state index in [2.05, 4.69) is 10.1 Å². The highest BCUT2D eigenvalue weighted by Crippen LogP contribution is 2.06. The number of methoxy groups -OCH3 is 1. The van der Waals surface area contributed by atoms with Crippen LogP contribution in [0.5, 0.6) is 0 Å². The van der Waals surface area contributed by atoms with Crippen LogP contribution in [0.3, 0.4) is 0 Å². The summed E-state index contributed by atoms with van der Waals surface area (Å²) in [6.07, 6.45) is 0.429. The number of nitrogens with two attached hydrogens (primary N) is 1. The van der Waals surface area contributed by atoms with Crippen molar-refractivity contribution in [1.29, 1.82) is 0 Å². The Morgan fingerprint density at radius 2 is 1.85 bits per heavy atom. The molecule has 0 aliphatic heterocycles. The maximum Gasteiger partial charge on any atom is 0.328 e. The normalized spacial score (nSPS) is 13.7. The quantitative estimate of drug-likeness (QED) is 0.757. The summed E-state index contributed by atoms with van der Waals surface area (Å²) >= 11 is 0. The number of hydrogen-bond donors (Lipinski definition) is 2. The minimum absolute atomic E-state index is 0.0599. The predicted molar refractivity (Wildman–Crippen MR) is 76.9 cm³/mol. The van der Waals surface area contributed by atoms with Crippen molar-refractivity contribution in [3.63, 3.8) is 0 Å². The van der Waals surface area contributed by atoms with E-state index in [1.165, 1.54) is 7.11 Å². The van der Waals surface area contributed by atoms with Crippen molar-refractivity contribution >= 4 is 11.9 Å². The average molecular weight is 278 g/mol. The number of ether oxygens (including phenoxy) is 1. The first kappa shape index (κ1) is 16.2. The molecule has 1 rings (SSSR count). The van der Waals surface area contributed by atoms with Crippen LogP contribution < -0.4 is 11.1 Å². The van der Waals surface area contributed by atoms with Crippen LogP contribution in [0.25, 0.3) is 0 Å². The minimum Gasteiger partial charge on any atom is -0.467 e. The van der Waals surface area contributed by atoms with Crippen LogP contribution in [0.15, 0.2) is 30.3 Å². The molecule has 2 unspecified atom stereocenters. The molecule has 1 aromatic carbocycles. The van der Waals surface area contributed by atoms with Crippen LogP contribution in [0.1, 0.15) is 19.4 Å². The lowest BCUT2D eigenvalue weighted by Crippen LogP contribution is -2.51. The fourth-order valence-corrected chi connectivity index (χ4v) is 1.85. The van der Waals surface area contributed by atoms with Crippen LogP contribution >= 0.6 is 0 Å². The second kappa shape index (κ2) is 7.65. The summed E-state index contributed by atoms with van der Waals surface area (Å²) in [5, 5.41) is 2.65. The maximum atomic E-state index is 12.0. The van der Waals surface area contributed by atoms with Gasteiger partial charge in [0.25, 0.3) is 0 Å². The van der Waals surface area contributed by atoms with Gasteiger partial charge in [0.05, 0.1) is 13.2 Å². The van der Waals surface area contributed by atoms with E-state index in [0.717, 1.165) is 5.56 Å². The molecule has 1 amide bonds. The zero-order valence-corrected chi connectivity index (χ0v) is 12.1. The van der Waals surface area contributed by atoms with Gasteiger partial charge in [-0.25, -0.2) is 4.79 Å². The molecular weight excluding hydrogens is 256 g/mol. The van der Waals surface area contributed by atoms with Crippen molar-refractivity contribution in [2.45, 2.75) is 32.4 Å². The number of carbonyl (C=O) groups excluding carboxylic acids is 2. The average Bonchev–Trinajstić information content (AvgIpc) is 2.44. The molecule has 0 fully saturated rings. The third kappa shape index (κ3) is 4.66. The molecule has 0 radical (unpaired) electrons. The van der Waals surface area contributed by atoms with Gasteiger partial charge in [-0.05, 0) is 17.9 Å². The van der Waals surface area contributed by atoms with E-state index in [0.29, 0.717) is 6.42 Å². The van der Waals surface area contributed by atoms with E-state index >= 15 is 0 Å². The number of amides is 1. The highest BCUT2D eigenvalue weighted by Gasteiger charge is 2.27. The molecular formula is C15H22N2O3. The SMILES string of the molecule is COC(=O)C(NC(=O)C(N)Cc1ccccc1)C(C)C. The molecule has 0 aliphatic carbocycles. The first-order valence-corrected chi connectivity index (χ1v) is 6.63. The van der Waals surface area contributed by atoms with Gasteiger partial charge in [0.1, 0.15) is 6.04 Å². The molecule has 2 atom stereocenters. The van der Waals surface area contributed by atoms with Crippen LogP contribution in [0, 0.1) is 5.92 Å². The summed E-state index contributed by atoms with van der Waals surface area (Å²) in [5.41, 5.74) is 6.86. The Morgan fingerprint density at radius 3 is 2.35 bits per heavy atom. The van der Waals surface area contributed by atoms with Gasteiger partial charge in [0.15, 0.2) is 0 Å². The third-order valence-electron chi connectivity index (χ3n) is 3.05. The predicted octanol–water partition coefficient (Wildman–Crippen LogP) is 0.870. The maximum absolute atomic E-state index is 12.0. The van der Waals surface area contributed by atoms with E-state index in [4.69, 9.17) is 5.73 Å². The fourth-order valence-electron chi connectivity index (χ4n) is 1.85. The molecule has 3 N–H and O–H groups in total. The topological polar surface area (TPSA) is 81.4 Å².